The van der Waals surface area contributed by atoms with Gasteiger partial charge in [-0.15, -0.1) is 0 Å². The molecule has 0 bridgehead atoms. The van der Waals surface area contributed by atoms with Crippen molar-refractivity contribution in [1.29, 1.82) is 5.26 Å². The number of nitrogens with zero attached hydrogens (tertiary/aromatic N) is 1. The minimum atomic E-state index is -2.95. The number of methoxy groups -OCH3 is 1. The lowest BCUT2D eigenvalue weighted by Crippen LogP contribution is -2.41. The predicted molar refractivity (Wildman–Crippen MR) is 71.9 cm³/mol. The third kappa shape index (κ3) is 3.78. The van der Waals surface area contributed by atoms with E-state index >= 15 is 0 Å². The zero-order chi connectivity index (χ0) is 15.9. The molecule has 0 spiro atoms. The molecule has 6 heteroatoms. The predicted octanol–water partition coefficient (Wildman–Crippen LogP) is 2.13. The molecular weight excluding hydrogens is 277 g/mol. The topological polar surface area (TPSA) is 76.4 Å². The molecule has 0 N–H and O–H groups in total. The van der Waals surface area contributed by atoms with E-state index in [2.05, 4.69) is 9.47 Å². The van der Waals surface area contributed by atoms with E-state index in [0.717, 1.165) is 7.11 Å². The molecule has 0 aromatic heterocycles. The maximum Gasteiger partial charge on any atom is 0.359 e. The Hall–Kier alpha value is -2.42. The Balaban J connectivity index is 3.24. The third-order valence-corrected chi connectivity index (χ3v) is 3.02. The van der Waals surface area contributed by atoms with Gasteiger partial charge in [0.1, 0.15) is 6.07 Å². The number of esters is 2. The smallest absolute Gasteiger partial charge is 0.359 e. The van der Waals surface area contributed by atoms with E-state index in [9.17, 15) is 14.0 Å². The van der Waals surface area contributed by atoms with Crippen LogP contribution in [0.25, 0.3) is 0 Å². The van der Waals surface area contributed by atoms with Crippen molar-refractivity contribution >= 4 is 11.9 Å². The fourth-order valence-corrected chi connectivity index (χ4v) is 1.93. The lowest BCUT2D eigenvalue weighted by molar-refractivity contribution is -0.156. The number of hydrogen-bond acceptors (Lipinski definition) is 5. The van der Waals surface area contributed by atoms with Crippen molar-refractivity contribution in [3.05, 3.63) is 35.9 Å². The molecule has 1 aromatic carbocycles. The normalized spacial score (nSPS) is 14.4. The Morgan fingerprint density at radius 1 is 1.38 bits per heavy atom. The standard InChI is InChI=1S/C15H16FNO4/c1-3-21-14(19)15(16,10-17)12(9-13(18)20-2)11-7-5-4-6-8-11/h4-8,12H,3,9H2,1-2H3. The summed E-state index contributed by atoms with van der Waals surface area (Å²) in [5.41, 5.74) is -2.61. The highest BCUT2D eigenvalue weighted by Crippen LogP contribution is 2.36. The molecule has 2 atom stereocenters. The molecule has 0 saturated heterocycles. The van der Waals surface area contributed by atoms with Crippen molar-refractivity contribution in [2.45, 2.75) is 24.9 Å². The first-order chi connectivity index (χ1) is 9.99. The maximum absolute atomic E-state index is 14.9. The van der Waals surface area contributed by atoms with Crippen molar-refractivity contribution in [1.82, 2.24) is 0 Å². The van der Waals surface area contributed by atoms with Gasteiger partial charge >= 0.3 is 11.9 Å². The molecule has 0 aliphatic rings. The first-order valence-corrected chi connectivity index (χ1v) is 6.38. The van der Waals surface area contributed by atoms with Crippen LogP contribution in [0.1, 0.15) is 24.8 Å². The van der Waals surface area contributed by atoms with Crippen molar-refractivity contribution < 1.29 is 23.5 Å². The minimum absolute atomic E-state index is 0.0636. The number of benzene rings is 1. The second-order valence-corrected chi connectivity index (χ2v) is 4.29. The SMILES string of the molecule is CCOC(=O)C(F)(C#N)C(CC(=O)OC)c1ccccc1. The van der Waals surface area contributed by atoms with Crippen molar-refractivity contribution in [3.8, 4) is 6.07 Å². The number of halogens is 1. The summed E-state index contributed by atoms with van der Waals surface area (Å²) in [6, 6.07) is 9.38. The van der Waals surface area contributed by atoms with Gasteiger partial charge in [-0.05, 0) is 12.5 Å². The van der Waals surface area contributed by atoms with E-state index in [1.54, 1.807) is 30.3 Å². The average Bonchev–Trinajstić information content (AvgIpc) is 2.52. The molecule has 0 radical (unpaired) electrons. The van der Waals surface area contributed by atoms with Crippen molar-refractivity contribution in [2.75, 3.05) is 13.7 Å². The Bertz CT molecular complexity index is 540. The lowest BCUT2D eigenvalue weighted by Gasteiger charge is -2.25. The number of carbonyl (C=O) groups is 2. The highest BCUT2D eigenvalue weighted by Gasteiger charge is 2.50. The fraction of sp³-hybridized carbons (Fsp3) is 0.400. The summed E-state index contributed by atoms with van der Waals surface area (Å²) in [5, 5.41) is 9.12. The van der Waals surface area contributed by atoms with E-state index in [1.807, 2.05) is 0 Å². The Morgan fingerprint density at radius 2 is 2.00 bits per heavy atom. The lowest BCUT2D eigenvalue weighted by atomic mass is 9.82. The Labute approximate surface area is 122 Å². The number of hydrogen-bond donors (Lipinski definition) is 0. The van der Waals surface area contributed by atoms with E-state index in [1.165, 1.54) is 13.0 Å². The van der Waals surface area contributed by atoms with Crippen LogP contribution in [0.5, 0.6) is 0 Å². The summed E-state index contributed by atoms with van der Waals surface area (Å²) in [4.78, 5) is 23.3. The molecule has 0 amide bonds. The van der Waals surface area contributed by atoms with Gasteiger partial charge in [-0.1, -0.05) is 30.3 Å². The van der Waals surface area contributed by atoms with Crippen LogP contribution in [0.2, 0.25) is 0 Å². The van der Waals surface area contributed by atoms with Crippen molar-refractivity contribution in [2.24, 2.45) is 0 Å². The van der Waals surface area contributed by atoms with Crippen LogP contribution in [0.15, 0.2) is 30.3 Å². The van der Waals surface area contributed by atoms with Gasteiger partial charge in [0, 0.05) is 0 Å². The monoisotopic (exact) mass is 293 g/mol. The minimum Gasteiger partial charge on any atom is -0.469 e. The number of nitriles is 1. The highest BCUT2D eigenvalue weighted by molar-refractivity contribution is 5.86. The molecule has 5 nitrogen and oxygen atoms in total. The molecule has 21 heavy (non-hydrogen) atoms. The van der Waals surface area contributed by atoms with Crippen LogP contribution in [-0.2, 0) is 19.1 Å². The molecule has 0 fully saturated rings. The highest BCUT2D eigenvalue weighted by atomic mass is 19.1. The summed E-state index contributed by atoms with van der Waals surface area (Å²) < 4.78 is 24.0. The van der Waals surface area contributed by atoms with Crippen LogP contribution in [0.3, 0.4) is 0 Å². The van der Waals surface area contributed by atoms with Crippen LogP contribution in [-0.4, -0.2) is 31.3 Å². The van der Waals surface area contributed by atoms with Gasteiger partial charge < -0.3 is 9.47 Å². The second kappa shape index (κ2) is 7.39. The first kappa shape index (κ1) is 16.6. The molecular formula is C15H16FNO4. The molecule has 1 aromatic rings. The Kier molecular flexibility index (Phi) is 5.85. The zero-order valence-corrected chi connectivity index (χ0v) is 11.8. The quantitative estimate of drug-likeness (QED) is 0.751. The number of rotatable bonds is 6. The fourth-order valence-electron chi connectivity index (χ4n) is 1.93. The first-order valence-electron chi connectivity index (χ1n) is 6.38. The van der Waals surface area contributed by atoms with Crippen LogP contribution < -0.4 is 0 Å². The van der Waals surface area contributed by atoms with E-state index in [-0.39, 0.29) is 6.61 Å². The molecule has 112 valence electrons. The summed E-state index contributed by atoms with van der Waals surface area (Å²) in [6.45, 7) is 1.44. The van der Waals surface area contributed by atoms with Gasteiger partial charge in [0.25, 0.3) is 5.67 Å². The average molecular weight is 293 g/mol. The maximum atomic E-state index is 14.9. The molecule has 0 heterocycles. The van der Waals surface area contributed by atoms with Gasteiger partial charge in [0.05, 0.1) is 26.1 Å². The summed E-state index contributed by atoms with van der Waals surface area (Å²) in [5.74, 6) is -3.31. The third-order valence-electron chi connectivity index (χ3n) is 3.02. The van der Waals surface area contributed by atoms with E-state index in [0.29, 0.717) is 5.56 Å². The molecule has 0 aliphatic heterocycles. The van der Waals surface area contributed by atoms with Crippen molar-refractivity contribution in [3.63, 3.8) is 0 Å². The van der Waals surface area contributed by atoms with Gasteiger partial charge in [-0.25, -0.2) is 9.18 Å². The van der Waals surface area contributed by atoms with Crippen LogP contribution in [0, 0.1) is 11.3 Å². The van der Waals surface area contributed by atoms with Gasteiger partial charge in [0.15, 0.2) is 0 Å². The van der Waals surface area contributed by atoms with Crippen LogP contribution >= 0.6 is 0 Å². The number of ether oxygens (including phenoxy) is 2. The zero-order valence-electron chi connectivity index (χ0n) is 11.8. The van der Waals surface area contributed by atoms with Gasteiger partial charge in [-0.2, -0.15) is 5.26 Å². The molecule has 0 saturated carbocycles. The van der Waals surface area contributed by atoms with E-state index in [4.69, 9.17) is 5.26 Å². The summed E-state index contributed by atoms with van der Waals surface area (Å²) in [7, 11) is 1.15. The molecule has 2 unspecified atom stereocenters. The number of carbonyl (C=O) groups excluding carboxylic acids is 2. The van der Waals surface area contributed by atoms with Crippen LogP contribution in [0.4, 0.5) is 4.39 Å². The largest absolute Gasteiger partial charge is 0.469 e. The van der Waals surface area contributed by atoms with E-state index < -0.39 is 29.9 Å². The van der Waals surface area contributed by atoms with Gasteiger partial charge in [0.2, 0.25) is 0 Å². The second-order valence-electron chi connectivity index (χ2n) is 4.29. The van der Waals surface area contributed by atoms with Gasteiger partial charge in [-0.3, -0.25) is 4.79 Å². The molecule has 0 aliphatic carbocycles. The summed E-state index contributed by atoms with van der Waals surface area (Å²) in [6.07, 6.45) is -0.441. The molecule has 1 rings (SSSR count). The Morgan fingerprint density at radius 3 is 2.48 bits per heavy atom. The summed E-state index contributed by atoms with van der Waals surface area (Å²) >= 11 is 0. The number of alkyl halides is 1.